The maximum atomic E-state index is 12.0. The molecule has 0 spiro atoms. The number of rotatable bonds is 6. The van der Waals surface area contributed by atoms with Crippen LogP contribution < -0.4 is 11.1 Å². The molecule has 0 unspecified atom stereocenters. The highest BCUT2D eigenvalue weighted by Gasteiger charge is 2.32. The number of carbonyl (C=O) groups is 1. The molecule has 98 valence electrons. The molecule has 1 aromatic rings. The zero-order valence-corrected chi connectivity index (χ0v) is 11.2. The summed E-state index contributed by atoms with van der Waals surface area (Å²) in [6, 6.07) is 3.64. The molecule has 3 N–H and O–H groups in total. The lowest BCUT2D eigenvalue weighted by molar-refractivity contribution is -0.131. The topological polar surface area (TPSA) is 68.3 Å². The molecule has 17 heavy (non-hydrogen) atoms. The van der Waals surface area contributed by atoms with Gasteiger partial charge in [-0.1, -0.05) is 13.8 Å². The van der Waals surface area contributed by atoms with Gasteiger partial charge in [0, 0.05) is 6.54 Å². The summed E-state index contributed by atoms with van der Waals surface area (Å²) in [4.78, 5) is 12.0. The predicted molar refractivity (Wildman–Crippen MR) is 69.9 cm³/mol. The van der Waals surface area contributed by atoms with Crippen LogP contribution in [-0.4, -0.2) is 12.5 Å². The van der Waals surface area contributed by atoms with Gasteiger partial charge in [-0.3, -0.25) is 4.79 Å². The van der Waals surface area contributed by atoms with Gasteiger partial charge in [-0.25, -0.2) is 0 Å². The van der Waals surface area contributed by atoms with E-state index in [1.54, 1.807) is 12.3 Å². The third-order valence-corrected chi connectivity index (χ3v) is 3.23. The molecule has 1 aromatic heterocycles. The SMILES string of the molecule is CCC(CC)(CN)C(=O)NCc1ccco1.Cl. The lowest BCUT2D eigenvalue weighted by Crippen LogP contribution is -2.44. The second kappa shape index (κ2) is 7.35. The van der Waals surface area contributed by atoms with Crippen molar-refractivity contribution in [1.82, 2.24) is 5.32 Å². The highest BCUT2D eigenvalue weighted by atomic mass is 35.5. The van der Waals surface area contributed by atoms with Crippen LogP contribution in [0.15, 0.2) is 22.8 Å². The van der Waals surface area contributed by atoms with Gasteiger partial charge in [0.05, 0.1) is 18.2 Å². The maximum Gasteiger partial charge on any atom is 0.227 e. The van der Waals surface area contributed by atoms with Gasteiger partial charge in [-0.2, -0.15) is 0 Å². The first-order valence-electron chi connectivity index (χ1n) is 5.69. The summed E-state index contributed by atoms with van der Waals surface area (Å²) in [6.07, 6.45) is 3.10. The molecule has 1 amide bonds. The summed E-state index contributed by atoms with van der Waals surface area (Å²) in [5.74, 6) is 0.767. The van der Waals surface area contributed by atoms with Crippen molar-refractivity contribution >= 4 is 18.3 Å². The first-order valence-corrected chi connectivity index (χ1v) is 5.69. The Bertz CT molecular complexity index is 313. The summed E-state index contributed by atoms with van der Waals surface area (Å²) < 4.78 is 5.15. The number of carbonyl (C=O) groups excluding carboxylic acids is 1. The number of halogens is 1. The van der Waals surface area contributed by atoms with Crippen molar-refractivity contribution in [3.63, 3.8) is 0 Å². The third kappa shape index (κ3) is 3.75. The zero-order chi connectivity index (χ0) is 12.0. The van der Waals surface area contributed by atoms with Gasteiger partial charge >= 0.3 is 0 Å². The van der Waals surface area contributed by atoms with E-state index in [0.717, 1.165) is 18.6 Å². The Morgan fingerprint density at radius 2 is 2.12 bits per heavy atom. The molecule has 0 saturated carbocycles. The van der Waals surface area contributed by atoms with Gasteiger partial charge in [0.15, 0.2) is 0 Å². The number of hydrogen-bond acceptors (Lipinski definition) is 3. The van der Waals surface area contributed by atoms with Crippen LogP contribution in [0.25, 0.3) is 0 Å². The molecular weight excluding hydrogens is 240 g/mol. The summed E-state index contributed by atoms with van der Waals surface area (Å²) >= 11 is 0. The van der Waals surface area contributed by atoms with Crippen molar-refractivity contribution in [3.8, 4) is 0 Å². The molecule has 0 saturated heterocycles. The molecule has 0 fully saturated rings. The quantitative estimate of drug-likeness (QED) is 0.823. The van der Waals surface area contributed by atoms with Gasteiger partial charge in [-0.15, -0.1) is 12.4 Å². The summed E-state index contributed by atoms with van der Waals surface area (Å²) in [7, 11) is 0. The summed E-state index contributed by atoms with van der Waals surface area (Å²) in [5, 5.41) is 2.87. The Morgan fingerprint density at radius 1 is 1.47 bits per heavy atom. The fourth-order valence-electron chi connectivity index (χ4n) is 1.72. The highest BCUT2D eigenvalue weighted by molar-refractivity contribution is 5.85. The third-order valence-electron chi connectivity index (χ3n) is 3.23. The average molecular weight is 261 g/mol. The predicted octanol–water partition coefficient (Wildman–Crippen LogP) is 2.08. The van der Waals surface area contributed by atoms with Crippen molar-refractivity contribution in [2.24, 2.45) is 11.1 Å². The minimum Gasteiger partial charge on any atom is -0.467 e. The minimum atomic E-state index is -0.438. The largest absolute Gasteiger partial charge is 0.467 e. The van der Waals surface area contributed by atoms with Gasteiger partial charge < -0.3 is 15.5 Å². The Labute approximate surface area is 108 Å². The van der Waals surface area contributed by atoms with E-state index in [0.29, 0.717) is 13.1 Å². The molecule has 5 heteroatoms. The number of hydrogen-bond donors (Lipinski definition) is 2. The Kier molecular flexibility index (Phi) is 6.92. The van der Waals surface area contributed by atoms with Crippen LogP contribution in [0, 0.1) is 5.41 Å². The molecule has 0 aromatic carbocycles. The van der Waals surface area contributed by atoms with Crippen LogP contribution in [0.3, 0.4) is 0 Å². The highest BCUT2D eigenvalue weighted by Crippen LogP contribution is 2.25. The first kappa shape index (κ1) is 16.0. The number of amides is 1. The van der Waals surface area contributed by atoms with Crippen molar-refractivity contribution in [2.75, 3.05) is 6.54 Å². The Morgan fingerprint density at radius 3 is 2.53 bits per heavy atom. The van der Waals surface area contributed by atoms with E-state index in [1.807, 2.05) is 19.9 Å². The van der Waals surface area contributed by atoms with Crippen LogP contribution >= 0.6 is 12.4 Å². The van der Waals surface area contributed by atoms with Crippen LogP contribution in [0.5, 0.6) is 0 Å². The van der Waals surface area contributed by atoms with Crippen molar-refractivity contribution in [1.29, 1.82) is 0 Å². The molecule has 1 heterocycles. The van der Waals surface area contributed by atoms with Crippen molar-refractivity contribution < 1.29 is 9.21 Å². The van der Waals surface area contributed by atoms with Gasteiger partial charge in [0.25, 0.3) is 0 Å². The van der Waals surface area contributed by atoms with E-state index >= 15 is 0 Å². The molecule has 0 aliphatic rings. The van der Waals surface area contributed by atoms with Crippen LogP contribution in [0.1, 0.15) is 32.4 Å². The average Bonchev–Trinajstić information content (AvgIpc) is 2.82. The molecular formula is C12H21ClN2O2. The van der Waals surface area contributed by atoms with Crippen LogP contribution in [0.2, 0.25) is 0 Å². The summed E-state index contributed by atoms with van der Waals surface area (Å²) in [6.45, 7) is 4.78. The zero-order valence-electron chi connectivity index (χ0n) is 10.4. The Balaban J connectivity index is 0.00000256. The van der Waals surface area contributed by atoms with E-state index in [2.05, 4.69) is 5.32 Å². The normalized spacial score (nSPS) is 10.8. The van der Waals surface area contributed by atoms with E-state index in [1.165, 1.54) is 0 Å². The number of nitrogens with one attached hydrogen (secondary N) is 1. The molecule has 0 aliphatic carbocycles. The number of furan rings is 1. The van der Waals surface area contributed by atoms with Crippen LogP contribution in [-0.2, 0) is 11.3 Å². The number of nitrogens with two attached hydrogens (primary N) is 1. The molecule has 0 atom stereocenters. The van der Waals surface area contributed by atoms with Crippen molar-refractivity contribution in [3.05, 3.63) is 24.2 Å². The van der Waals surface area contributed by atoms with Gasteiger partial charge in [0.1, 0.15) is 5.76 Å². The van der Waals surface area contributed by atoms with Crippen LogP contribution in [0.4, 0.5) is 0 Å². The standard InChI is InChI=1S/C12H20N2O2.ClH/c1-3-12(4-2,9-13)11(15)14-8-10-6-5-7-16-10;/h5-7H,3-4,8-9,13H2,1-2H3,(H,14,15);1H. The van der Waals surface area contributed by atoms with E-state index < -0.39 is 5.41 Å². The van der Waals surface area contributed by atoms with Gasteiger partial charge in [-0.05, 0) is 25.0 Å². The fourth-order valence-corrected chi connectivity index (χ4v) is 1.72. The fraction of sp³-hybridized carbons (Fsp3) is 0.583. The van der Waals surface area contributed by atoms with E-state index in [9.17, 15) is 4.79 Å². The maximum absolute atomic E-state index is 12.0. The van der Waals surface area contributed by atoms with E-state index in [4.69, 9.17) is 10.2 Å². The van der Waals surface area contributed by atoms with E-state index in [-0.39, 0.29) is 18.3 Å². The Hall–Kier alpha value is -1.00. The first-order chi connectivity index (χ1) is 7.68. The summed E-state index contributed by atoms with van der Waals surface area (Å²) in [5.41, 5.74) is 5.26. The molecule has 4 nitrogen and oxygen atoms in total. The van der Waals surface area contributed by atoms with Gasteiger partial charge in [0.2, 0.25) is 5.91 Å². The smallest absolute Gasteiger partial charge is 0.227 e. The van der Waals surface area contributed by atoms with Crippen molar-refractivity contribution in [2.45, 2.75) is 33.2 Å². The molecule has 1 rings (SSSR count). The second-order valence-corrected chi connectivity index (χ2v) is 3.95. The minimum absolute atomic E-state index is 0. The molecule has 0 aliphatic heterocycles. The molecule has 0 bridgehead atoms. The molecule has 0 radical (unpaired) electrons. The monoisotopic (exact) mass is 260 g/mol. The second-order valence-electron chi connectivity index (χ2n) is 3.95. The lowest BCUT2D eigenvalue weighted by atomic mass is 9.81. The lowest BCUT2D eigenvalue weighted by Gasteiger charge is -2.28.